The number of piperidine rings is 1. The van der Waals surface area contributed by atoms with Gasteiger partial charge in [0.15, 0.2) is 0 Å². The minimum atomic E-state index is -0.623. The van der Waals surface area contributed by atoms with Crippen molar-refractivity contribution in [3.05, 3.63) is 29.8 Å². The van der Waals surface area contributed by atoms with Crippen molar-refractivity contribution in [3.8, 4) is 0 Å². The van der Waals surface area contributed by atoms with Crippen LogP contribution in [0.15, 0.2) is 18.2 Å². The molecule has 0 saturated carbocycles. The Balaban J connectivity index is 2.13. The first kappa shape index (κ1) is 13.0. The molecule has 0 aliphatic carbocycles. The third kappa shape index (κ3) is 2.67. The van der Waals surface area contributed by atoms with E-state index in [2.05, 4.69) is 10.6 Å². The Labute approximate surface area is 105 Å². The third-order valence-electron chi connectivity index (χ3n) is 3.43. The zero-order chi connectivity index (χ0) is 13.2. The summed E-state index contributed by atoms with van der Waals surface area (Å²) in [5, 5.41) is 5.64. The van der Waals surface area contributed by atoms with Crippen molar-refractivity contribution < 1.29 is 13.6 Å². The number of hydrogen-bond acceptors (Lipinski definition) is 2. The first-order valence-electron chi connectivity index (χ1n) is 5.98. The van der Waals surface area contributed by atoms with Gasteiger partial charge in [-0.15, -0.1) is 0 Å². The van der Waals surface area contributed by atoms with Gasteiger partial charge in [0.1, 0.15) is 11.6 Å². The number of amides is 1. The van der Waals surface area contributed by atoms with Crippen molar-refractivity contribution in [2.24, 2.45) is 5.41 Å². The Morgan fingerprint density at radius 1 is 1.33 bits per heavy atom. The first-order valence-corrected chi connectivity index (χ1v) is 5.98. The van der Waals surface area contributed by atoms with Crippen LogP contribution in [0.1, 0.15) is 19.8 Å². The molecule has 1 aliphatic heterocycles. The zero-order valence-electron chi connectivity index (χ0n) is 10.2. The number of nitrogens with one attached hydrogen (secondary N) is 2. The summed E-state index contributed by atoms with van der Waals surface area (Å²) in [6.45, 7) is 3.37. The molecule has 1 saturated heterocycles. The van der Waals surface area contributed by atoms with Gasteiger partial charge in [0, 0.05) is 11.5 Å². The summed E-state index contributed by atoms with van der Waals surface area (Å²) in [7, 11) is 0. The minimum absolute atomic E-state index is 0.0974. The van der Waals surface area contributed by atoms with Gasteiger partial charge < -0.3 is 10.6 Å². The molecule has 1 aromatic rings. The molecule has 0 bridgehead atoms. The van der Waals surface area contributed by atoms with Crippen LogP contribution in [0.2, 0.25) is 0 Å². The normalized spacial score (nSPS) is 18.4. The maximum Gasteiger partial charge on any atom is 0.230 e. The van der Waals surface area contributed by atoms with Gasteiger partial charge in [-0.05, 0) is 38.1 Å². The van der Waals surface area contributed by atoms with Crippen molar-refractivity contribution in [3.63, 3.8) is 0 Å². The molecule has 98 valence electrons. The van der Waals surface area contributed by atoms with Crippen LogP contribution in [0.25, 0.3) is 0 Å². The van der Waals surface area contributed by atoms with Gasteiger partial charge in [0.05, 0.1) is 5.69 Å². The molecule has 1 amide bonds. The maximum absolute atomic E-state index is 13.4. The van der Waals surface area contributed by atoms with Gasteiger partial charge in [0.25, 0.3) is 0 Å². The number of benzene rings is 1. The molecule has 0 unspecified atom stereocenters. The fraction of sp³-hybridized carbons (Fsp3) is 0.462. The largest absolute Gasteiger partial charge is 0.323 e. The molecule has 1 aromatic carbocycles. The number of hydrogen-bond donors (Lipinski definition) is 2. The van der Waals surface area contributed by atoms with Gasteiger partial charge in [-0.25, -0.2) is 8.78 Å². The number of halogens is 2. The molecule has 1 fully saturated rings. The van der Waals surface area contributed by atoms with Crippen molar-refractivity contribution in [1.82, 2.24) is 5.32 Å². The number of carbonyl (C=O) groups is 1. The Kier molecular flexibility index (Phi) is 3.61. The van der Waals surface area contributed by atoms with E-state index in [1.807, 2.05) is 6.92 Å². The minimum Gasteiger partial charge on any atom is -0.323 e. The second kappa shape index (κ2) is 5.02. The average Bonchev–Trinajstić information content (AvgIpc) is 2.35. The molecular weight excluding hydrogens is 238 g/mol. The summed E-state index contributed by atoms with van der Waals surface area (Å²) < 4.78 is 26.4. The molecule has 5 heteroatoms. The van der Waals surface area contributed by atoms with E-state index in [9.17, 15) is 13.6 Å². The monoisotopic (exact) mass is 254 g/mol. The number of anilines is 1. The van der Waals surface area contributed by atoms with Crippen molar-refractivity contribution >= 4 is 11.6 Å². The average molecular weight is 254 g/mol. The van der Waals surface area contributed by atoms with E-state index in [4.69, 9.17) is 0 Å². The Morgan fingerprint density at radius 2 is 2.00 bits per heavy atom. The highest BCUT2D eigenvalue weighted by atomic mass is 19.1. The smallest absolute Gasteiger partial charge is 0.230 e. The molecule has 0 aromatic heterocycles. The number of carbonyl (C=O) groups excluding carboxylic acids is 1. The Bertz CT molecular complexity index is 456. The van der Waals surface area contributed by atoms with Crippen LogP contribution in [-0.4, -0.2) is 19.0 Å². The van der Waals surface area contributed by atoms with E-state index in [0.717, 1.165) is 31.3 Å². The summed E-state index contributed by atoms with van der Waals surface area (Å²) >= 11 is 0. The maximum atomic E-state index is 13.4. The molecular formula is C13H16F2N2O. The number of rotatable bonds is 2. The molecule has 2 N–H and O–H groups in total. The summed E-state index contributed by atoms with van der Waals surface area (Å²) in [5.41, 5.74) is -0.621. The Morgan fingerprint density at radius 3 is 2.67 bits per heavy atom. The lowest BCUT2D eigenvalue weighted by Crippen LogP contribution is -2.43. The van der Waals surface area contributed by atoms with Crippen LogP contribution in [0.5, 0.6) is 0 Å². The molecule has 0 atom stereocenters. The van der Waals surface area contributed by atoms with Crippen molar-refractivity contribution in [2.45, 2.75) is 19.8 Å². The fourth-order valence-electron chi connectivity index (χ4n) is 2.07. The molecule has 0 radical (unpaired) electrons. The van der Waals surface area contributed by atoms with E-state index < -0.39 is 17.0 Å². The predicted octanol–water partition coefficient (Wildman–Crippen LogP) is 2.29. The first-order chi connectivity index (χ1) is 8.51. The van der Waals surface area contributed by atoms with Gasteiger partial charge in [-0.1, -0.05) is 6.92 Å². The molecule has 1 aliphatic rings. The molecule has 2 rings (SSSR count). The SMILES string of the molecule is CC1(C(=O)Nc2cc(F)ccc2F)CCNCC1. The highest BCUT2D eigenvalue weighted by Gasteiger charge is 2.34. The van der Waals surface area contributed by atoms with E-state index in [-0.39, 0.29) is 11.6 Å². The van der Waals surface area contributed by atoms with Gasteiger partial charge in [0.2, 0.25) is 5.91 Å². The second-order valence-electron chi connectivity index (χ2n) is 4.89. The van der Waals surface area contributed by atoms with Gasteiger partial charge in [-0.2, -0.15) is 0 Å². The van der Waals surface area contributed by atoms with E-state index in [0.29, 0.717) is 12.8 Å². The predicted molar refractivity (Wildman–Crippen MR) is 65.2 cm³/mol. The van der Waals surface area contributed by atoms with Crippen LogP contribution in [0.4, 0.5) is 14.5 Å². The highest BCUT2D eigenvalue weighted by Crippen LogP contribution is 2.30. The topological polar surface area (TPSA) is 41.1 Å². The second-order valence-corrected chi connectivity index (χ2v) is 4.89. The third-order valence-corrected chi connectivity index (χ3v) is 3.43. The zero-order valence-corrected chi connectivity index (χ0v) is 10.2. The molecule has 3 nitrogen and oxygen atoms in total. The Hall–Kier alpha value is -1.49. The van der Waals surface area contributed by atoms with Crippen molar-refractivity contribution in [1.29, 1.82) is 0 Å². The van der Waals surface area contributed by atoms with Crippen LogP contribution >= 0.6 is 0 Å². The summed E-state index contributed by atoms with van der Waals surface area (Å²) in [6.07, 6.45) is 1.38. The van der Waals surface area contributed by atoms with Crippen LogP contribution in [-0.2, 0) is 4.79 Å². The highest BCUT2D eigenvalue weighted by molar-refractivity contribution is 5.95. The van der Waals surface area contributed by atoms with E-state index in [1.165, 1.54) is 0 Å². The molecule has 0 spiro atoms. The van der Waals surface area contributed by atoms with E-state index in [1.54, 1.807) is 0 Å². The fourth-order valence-corrected chi connectivity index (χ4v) is 2.07. The lowest BCUT2D eigenvalue weighted by Gasteiger charge is -2.32. The summed E-state index contributed by atoms with van der Waals surface area (Å²) in [4.78, 5) is 12.1. The summed E-state index contributed by atoms with van der Waals surface area (Å²) in [5.74, 6) is -1.45. The molecule has 18 heavy (non-hydrogen) atoms. The van der Waals surface area contributed by atoms with Crippen LogP contribution < -0.4 is 10.6 Å². The van der Waals surface area contributed by atoms with Gasteiger partial charge >= 0.3 is 0 Å². The lowest BCUT2D eigenvalue weighted by molar-refractivity contribution is -0.126. The lowest BCUT2D eigenvalue weighted by atomic mass is 9.80. The molecule has 1 heterocycles. The summed E-state index contributed by atoms with van der Waals surface area (Å²) in [6, 6.07) is 3.03. The van der Waals surface area contributed by atoms with Gasteiger partial charge in [-0.3, -0.25) is 4.79 Å². The van der Waals surface area contributed by atoms with Crippen molar-refractivity contribution in [2.75, 3.05) is 18.4 Å². The van der Waals surface area contributed by atoms with E-state index >= 15 is 0 Å². The quantitative estimate of drug-likeness (QED) is 0.850. The van der Waals surface area contributed by atoms with Crippen LogP contribution in [0, 0.1) is 17.0 Å². The van der Waals surface area contributed by atoms with Crippen LogP contribution in [0.3, 0.4) is 0 Å². The standard InChI is InChI=1S/C13H16F2N2O/c1-13(4-6-16-7-5-13)12(18)17-11-8-9(14)2-3-10(11)15/h2-3,8,16H,4-7H2,1H3,(H,17,18).